The van der Waals surface area contributed by atoms with Crippen LogP contribution in [0.2, 0.25) is 0 Å². The van der Waals surface area contributed by atoms with Crippen LogP contribution < -0.4 is 10.6 Å². The molecule has 2 fully saturated rings. The van der Waals surface area contributed by atoms with Crippen LogP contribution in [0.4, 0.5) is 11.4 Å². The number of hydrogen-bond donors (Lipinski definition) is 2. The van der Waals surface area contributed by atoms with Crippen LogP contribution in [0.15, 0.2) is 121 Å². The number of benzene rings is 4. The van der Waals surface area contributed by atoms with Crippen LogP contribution in [-0.4, -0.2) is 58.6 Å². The summed E-state index contributed by atoms with van der Waals surface area (Å²) in [5.74, 6) is -0.616. The second-order valence-electron chi connectivity index (χ2n) is 14.8. The monoisotopic (exact) mass is 804 g/mol. The Hall–Kier alpha value is -6.10. The number of nitrogens with zero attached hydrogens (tertiary/aromatic N) is 2. The van der Waals surface area contributed by atoms with Crippen LogP contribution in [0.1, 0.15) is 67.3 Å². The summed E-state index contributed by atoms with van der Waals surface area (Å²) in [4.78, 5) is 62.5. The molecule has 2 saturated heterocycles. The van der Waals surface area contributed by atoms with Gasteiger partial charge in [-0.1, -0.05) is 72.8 Å². The van der Waals surface area contributed by atoms with Gasteiger partial charge >= 0.3 is 0 Å². The van der Waals surface area contributed by atoms with Crippen LogP contribution >= 0.6 is 22.7 Å². The van der Waals surface area contributed by atoms with Crippen LogP contribution in [0.5, 0.6) is 0 Å². The van der Waals surface area contributed by atoms with E-state index in [9.17, 15) is 19.2 Å². The Bertz CT molecular complexity index is 2330. The minimum atomic E-state index is -0.541. The maximum atomic E-state index is 13.8. The first-order valence-electron chi connectivity index (χ1n) is 19.7. The van der Waals surface area contributed by atoms with Crippen molar-refractivity contribution in [2.75, 3.05) is 23.7 Å². The Morgan fingerprint density at radius 3 is 1.31 bits per heavy atom. The number of nitrogens with one attached hydrogen (secondary N) is 2. The third-order valence-corrected chi connectivity index (χ3v) is 12.9. The first-order valence-corrected chi connectivity index (χ1v) is 21.3. The molecule has 2 aliphatic rings. The minimum absolute atomic E-state index is 0.121. The van der Waals surface area contributed by atoms with Crippen molar-refractivity contribution in [2.24, 2.45) is 0 Å². The molecule has 6 aromatic rings. The van der Waals surface area contributed by atoms with E-state index in [0.29, 0.717) is 48.4 Å². The normalized spacial score (nSPS) is 16.5. The molecule has 0 aliphatic carbocycles. The lowest BCUT2D eigenvalue weighted by atomic mass is 10.0. The van der Waals surface area contributed by atoms with Gasteiger partial charge in [0.05, 0.1) is 0 Å². The van der Waals surface area contributed by atoms with Crippen molar-refractivity contribution in [3.63, 3.8) is 0 Å². The van der Waals surface area contributed by atoms with E-state index in [1.54, 1.807) is 32.5 Å². The van der Waals surface area contributed by atoms with E-state index in [2.05, 4.69) is 36.6 Å². The van der Waals surface area contributed by atoms with Crippen molar-refractivity contribution in [3.05, 3.63) is 153 Å². The molecular weight excluding hydrogens is 761 g/mol. The zero-order chi connectivity index (χ0) is 40.2. The molecule has 4 heterocycles. The number of aryl methyl sites for hydroxylation is 2. The molecule has 4 amide bonds. The van der Waals surface area contributed by atoms with E-state index in [-0.39, 0.29) is 23.6 Å². The van der Waals surface area contributed by atoms with Gasteiger partial charge in [-0.2, -0.15) is 0 Å². The fourth-order valence-electron chi connectivity index (χ4n) is 7.80. The van der Waals surface area contributed by atoms with Crippen LogP contribution in [0.25, 0.3) is 33.0 Å². The van der Waals surface area contributed by atoms with E-state index in [4.69, 9.17) is 0 Å². The van der Waals surface area contributed by atoms with Crippen molar-refractivity contribution in [1.82, 2.24) is 9.80 Å². The highest BCUT2D eigenvalue weighted by Crippen LogP contribution is 2.34. The van der Waals surface area contributed by atoms with Gasteiger partial charge in [-0.15, -0.1) is 22.7 Å². The average molecular weight is 805 g/mol. The summed E-state index contributed by atoms with van der Waals surface area (Å²) < 4.78 is 0. The van der Waals surface area contributed by atoms with E-state index in [1.165, 1.54) is 9.75 Å². The second kappa shape index (κ2) is 17.2. The standard InChI is InChI=1S/C48H44N4O4S2/c1-31-15-27-43(57-31)37-9-3-5-11-39(37)47(55)51-29-7-13-41(51)45(53)49-35-23-19-33(20-24-35)17-18-34-21-25-36(26-22-34)50-46(54)42-14-8-30-52(42)48(56)40-12-6-4-10-38(40)44-28-16-32(2)58-44/h3-6,9-12,15-28,41-42H,7-8,13-14,29-30H2,1-2H3,(H,49,53)(H,50,54)/b18-17+/t41-,42-/m0/s1. The molecule has 0 radical (unpaired) electrons. The second-order valence-corrected chi connectivity index (χ2v) is 17.4. The third kappa shape index (κ3) is 8.44. The highest BCUT2D eigenvalue weighted by molar-refractivity contribution is 7.15. The van der Waals surface area contributed by atoms with Gasteiger partial charge in [0.25, 0.3) is 11.8 Å². The molecule has 10 heteroatoms. The van der Waals surface area contributed by atoms with Gasteiger partial charge in [0, 0.05) is 66.2 Å². The van der Waals surface area contributed by atoms with Crippen LogP contribution in [0.3, 0.4) is 0 Å². The fraction of sp³-hybridized carbons (Fsp3) is 0.208. The van der Waals surface area contributed by atoms with Gasteiger partial charge in [0.1, 0.15) is 12.1 Å². The topological polar surface area (TPSA) is 98.8 Å². The van der Waals surface area contributed by atoms with Crippen molar-refractivity contribution in [2.45, 2.75) is 51.6 Å². The van der Waals surface area contributed by atoms with Crippen LogP contribution in [-0.2, 0) is 9.59 Å². The maximum Gasteiger partial charge on any atom is 0.255 e. The van der Waals surface area contributed by atoms with E-state index in [1.807, 2.05) is 121 Å². The number of anilines is 2. The third-order valence-electron chi connectivity index (χ3n) is 10.8. The molecule has 2 atom stereocenters. The number of thiophene rings is 2. The number of carbonyl (C=O) groups is 4. The quantitative estimate of drug-likeness (QED) is 0.135. The summed E-state index contributed by atoms with van der Waals surface area (Å²) in [5, 5.41) is 6.06. The lowest BCUT2D eigenvalue weighted by molar-refractivity contribution is -0.120. The molecule has 4 aromatic carbocycles. The zero-order valence-corrected chi connectivity index (χ0v) is 34.1. The molecule has 2 N–H and O–H groups in total. The first-order chi connectivity index (χ1) is 28.2. The lowest BCUT2D eigenvalue weighted by Crippen LogP contribution is -2.43. The Labute approximate surface area is 346 Å². The Balaban J connectivity index is 0.855. The Kier molecular flexibility index (Phi) is 11.5. The smallest absolute Gasteiger partial charge is 0.255 e. The predicted octanol–water partition coefficient (Wildman–Crippen LogP) is 10.4. The highest BCUT2D eigenvalue weighted by atomic mass is 32.1. The number of amides is 4. The number of carbonyl (C=O) groups excluding carboxylic acids is 4. The van der Waals surface area contributed by atoms with E-state index >= 15 is 0 Å². The van der Waals surface area contributed by atoms with Gasteiger partial charge in [-0.3, -0.25) is 19.2 Å². The zero-order valence-electron chi connectivity index (χ0n) is 32.4. The van der Waals surface area contributed by atoms with Crippen LogP contribution in [0, 0.1) is 13.8 Å². The summed E-state index contributed by atoms with van der Waals surface area (Å²) in [7, 11) is 0. The largest absolute Gasteiger partial charge is 0.327 e. The van der Waals surface area contributed by atoms with Gasteiger partial charge in [-0.25, -0.2) is 0 Å². The molecule has 2 aromatic heterocycles. The highest BCUT2D eigenvalue weighted by Gasteiger charge is 2.37. The SMILES string of the molecule is Cc1ccc(-c2ccccc2C(=O)N2CCC[C@H]2C(=O)Nc2ccc(/C=C/c3ccc(NC(=O)[C@@H]4CCCN4C(=O)c4ccccc4-c4ccc(C)s4)cc3)cc2)s1. The van der Waals surface area contributed by atoms with Crippen molar-refractivity contribution < 1.29 is 19.2 Å². The summed E-state index contributed by atoms with van der Waals surface area (Å²) >= 11 is 3.31. The predicted molar refractivity (Wildman–Crippen MR) is 236 cm³/mol. The van der Waals surface area contributed by atoms with Gasteiger partial charge < -0.3 is 20.4 Å². The summed E-state index contributed by atoms with van der Waals surface area (Å²) in [6, 6.07) is 37.6. The number of hydrogen-bond acceptors (Lipinski definition) is 6. The Morgan fingerprint density at radius 2 is 0.931 bits per heavy atom. The van der Waals surface area contributed by atoms with E-state index < -0.39 is 12.1 Å². The molecular formula is C48H44N4O4S2. The average Bonchev–Trinajstić information content (AvgIpc) is 4.09. The molecule has 0 unspecified atom stereocenters. The van der Waals surface area contributed by atoms with Gasteiger partial charge in [0.2, 0.25) is 11.8 Å². The molecule has 0 bridgehead atoms. The molecule has 8 rings (SSSR count). The molecule has 0 spiro atoms. The lowest BCUT2D eigenvalue weighted by Gasteiger charge is -2.25. The summed E-state index contributed by atoms with van der Waals surface area (Å²) in [6.07, 6.45) is 6.75. The van der Waals surface area contributed by atoms with Crippen molar-refractivity contribution in [3.8, 4) is 20.9 Å². The maximum absolute atomic E-state index is 13.8. The summed E-state index contributed by atoms with van der Waals surface area (Å²) in [6.45, 7) is 5.18. The molecule has 2 aliphatic heterocycles. The van der Waals surface area contributed by atoms with Crippen molar-refractivity contribution in [1.29, 1.82) is 0 Å². The number of rotatable bonds is 10. The van der Waals surface area contributed by atoms with Gasteiger partial charge in [-0.05, 0) is 111 Å². The Morgan fingerprint density at radius 1 is 0.534 bits per heavy atom. The number of likely N-dealkylation sites (tertiary alicyclic amines) is 2. The molecule has 58 heavy (non-hydrogen) atoms. The molecule has 292 valence electrons. The van der Waals surface area contributed by atoms with Crippen molar-refractivity contribution >= 4 is 69.8 Å². The summed E-state index contributed by atoms with van der Waals surface area (Å²) in [5.41, 5.74) is 6.26. The fourth-order valence-corrected chi connectivity index (χ4v) is 9.61. The molecule has 0 saturated carbocycles. The minimum Gasteiger partial charge on any atom is -0.327 e. The van der Waals surface area contributed by atoms with E-state index in [0.717, 1.165) is 44.8 Å². The van der Waals surface area contributed by atoms with Gasteiger partial charge in [0.15, 0.2) is 0 Å². The molecule has 8 nitrogen and oxygen atoms in total. The first kappa shape index (κ1) is 38.8.